The third-order valence-corrected chi connectivity index (χ3v) is 3.49. The van der Waals surface area contributed by atoms with Crippen molar-refractivity contribution >= 4 is 33.5 Å². The molecule has 0 saturated heterocycles. The van der Waals surface area contributed by atoms with Crippen molar-refractivity contribution in [3.05, 3.63) is 58.3 Å². The van der Waals surface area contributed by atoms with E-state index >= 15 is 0 Å². The molecule has 132 valence electrons. The Morgan fingerprint density at radius 2 is 1.84 bits per heavy atom. The Kier molecular flexibility index (Phi) is 6.52. The van der Waals surface area contributed by atoms with Crippen molar-refractivity contribution in [1.29, 1.82) is 0 Å². The number of rotatable bonds is 6. The normalized spacial score (nSPS) is 10.4. The molecule has 1 amide bonds. The van der Waals surface area contributed by atoms with Crippen molar-refractivity contribution in [2.24, 2.45) is 0 Å². The van der Waals surface area contributed by atoms with Crippen LogP contribution in [-0.2, 0) is 9.53 Å². The number of carbonyl (C=O) groups excluding carboxylic acids is 2. The van der Waals surface area contributed by atoms with E-state index in [4.69, 9.17) is 9.47 Å². The molecule has 0 atom stereocenters. The highest BCUT2D eigenvalue weighted by atomic mass is 79.9. The molecule has 2 aromatic rings. The van der Waals surface area contributed by atoms with Crippen LogP contribution in [0, 0.1) is 5.82 Å². The van der Waals surface area contributed by atoms with Crippen LogP contribution in [0.15, 0.2) is 46.9 Å². The molecule has 0 unspecified atom stereocenters. The van der Waals surface area contributed by atoms with Crippen LogP contribution in [0.25, 0.3) is 0 Å². The molecular formula is C18H17BrFNO4. The molecule has 5 nitrogen and oxygen atoms in total. The van der Waals surface area contributed by atoms with Crippen molar-refractivity contribution in [3.8, 4) is 5.75 Å². The smallest absolute Gasteiger partial charge is 0.338 e. The fraction of sp³-hybridized carbons (Fsp3) is 0.222. The first-order chi connectivity index (χ1) is 11.8. The lowest BCUT2D eigenvalue weighted by atomic mass is 10.2. The molecule has 0 spiro atoms. The summed E-state index contributed by atoms with van der Waals surface area (Å²) in [4.78, 5) is 23.6. The van der Waals surface area contributed by atoms with Gasteiger partial charge in [-0.25, -0.2) is 9.18 Å². The topological polar surface area (TPSA) is 64.6 Å². The summed E-state index contributed by atoms with van der Waals surface area (Å²) < 4.78 is 24.4. The summed E-state index contributed by atoms with van der Waals surface area (Å²) in [7, 11) is 0. The number of nitrogens with one attached hydrogen (secondary N) is 1. The molecule has 0 aliphatic carbocycles. The Balaban J connectivity index is 1.89. The van der Waals surface area contributed by atoms with Gasteiger partial charge < -0.3 is 14.8 Å². The molecule has 0 bridgehead atoms. The summed E-state index contributed by atoms with van der Waals surface area (Å²) in [5, 5.41) is 2.60. The predicted molar refractivity (Wildman–Crippen MR) is 95.2 cm³/mol. The van der Waals surface area contributed by atoms with Gasteiger partial charge in [-0.05, 0) is 56.3 Å². The molecule has 2 aromatic carbocycles. The van der Waals surface area contributed by atoms with Gasteiger partial charge in [-0.2, -0.15) is 0 Å². The van der Waals surface area contributed by atoms with Gasteiger partial charge in [-0.1, -0.05) is 15.9 Å². The maximum Gasteiger partial charge on any atom is 0.338 e. The molecule has 2 rings (SSSR count). The lowest BCUT2D eigenvalue weighted by molar-refractivity contribution is -0.118. The van der Waals surface area contributed by atoms with Gasteiger partial charge in [-0.3, -0.25) is 4.79 Å². The predicted octanol–water partition coefficient (Wildman–Crippen LogP) is 4.17. The summed E-state index contributed by atoms with van der Waals surface area (Å²) in [5.74, 6) is -1.44. The molecule has 0 aliphatic rings. The van der Waals surface area contributed by atoms with Gasteiger partial charge in [0, 0.05) is 10.2 Å². The zero-order valence-electron chi connectivity index (χ0n) is 13.7. The van der Waals surface area contributed by atoms with E-state index < -0.39 is 17.7 Å². The Labute approximate surface area is 153 Å². The van der Waals surface area contributed by atoms with Crippen LogP contribution in [0.1, 0.15) is 24.2 Å². The molecule has 0 saturated carbocycles. The summed E-state index contributed by atoms with van der Waals surface area (Å²) in [6.07, 6.45) is -0.206. The molecule has 0 heterocycles. The molecule has 7 heteroatoms. The number of halogens is 2. The van der Waals surface area contributed by atoms with Crippen LogP contribution in [0.2, 0.25) is 0 Å². The number of carbonyl (C=O) groups is 2. The maximum atomic E-state index is 13.6. The Bertz CT molecular complexity index is 762. The van der Waals surface area contributed by atoms with Crippen LogP contribution in [0.5, 0.6) is 5.75 Å². The molecular weight excluding hydrogens is 393 g/mol. The van der Waals surface area contributed by atoms with E-state index in [1.54, 1.807) is 44.2 Å². The van der Waals surface area contributed by atoms with Crippen molar-refractivity contribution in [2.75, 3.05) is 11.9 Å². The second kappa shape index (κ2) is 8.62. The Morgan fingerprint density at radius 3 is 2.44 bits per heavy atom. The second-order valence-corrected chi connectivity index (χ2v) is 6.36. The van der Waals surface area contributed by atoms with E-state index in [0.29, 0.717) is 15.7 Å². The second-order valence-electron chi connectivity index (χ2n) is 5.44. The first-order valence-electron chi connectivity index (χ1n) is 7.54. The fourth-order valence-corrected chi connectivity index (χ4v) is 2.24. The van der Waals surface area contributed by atoms with Gasteiger partial charge in [-0.15, -0.1) is 0 Å². The van der Waals surface area contributed by atoms with Gasteiger partial charge in [0.25, 0.3) is 5.91 Å². The van der Waals surface area contributed by atoms with E-state index in [1.165, 1.54) is 12.1 Å². The van der Waals surface area contributed by atoms with Crippen molar-refractivity contribution in [3.63, 3.8) is 0 Å². The van der Waals surface area contributed by atoms with Gasteiger partial charge in [0.2, 0.25) is 0 Å². The van der Waals surface area contributed by atoms with Crippen LogP contribution in [0.4, 0.5) is 10.1 Å². The zero-order valence-corrected chi connectivity index (χ0v) is 15.3. The van der Waals surface area contributed by atoms with Crippen LogP contribution >= 0.6 is 15.9 Å². The van der Waals surface area contributed by atoms with E-state index in [-0.39, 0.29) is 18.5 Å². The van der Waals surface area contributed by atoms with Gasteiger partial charge in [0.05, 0.1) is 11.7 Å². The van der Waals surface area contributed by atoms with Gasteiger partial charge in [0.1, 0.15) is 0 Å². The summed E-state index contributed by atoms with van der Waals surface area (Å²) in [5.41, 5.74) is 0.880. The van der Waals surface area contributed by atoms with Crippen molar-refractivity contribution in [1.82, 2.24) is 0 Å². The van der Waals surface area contributed by atoms with Crippen LogP contribution in [0.3, 0.4) is 0 Å². The minimum Gasteiger partial charge on any atom is -0.481 e. The molecule has 0 radical (unpaired) electrons. The lowest BCUT2D eigenvalue weighted by Gasteiger charge is -2.10. The number of benzene rings is 2. The summed E-state index contributed by atoms with van der Waals surface area (Å²) in [6, 6.07) is 10.6. The monoisotopic (exact) mass is 409 g/mol. The molecule has 1 N–H and O–H groups in total. The number of ether oxygens (including phenoxy) is 2. The lowest BCUT2D eigenvalue weighted by Crippen LogP contribution is -2.20. The number of anilines is 1. The SMILES string of the molecule is CC(C)OC(=O)c1ccc(NC(=O)COc2ccc(Br)cc2F)cc1. The van der Waals surface area contributed by atoms with E-state index in [9.17, 15) is 14.0 Å². The first kappa shape index (κ1) is 18.9. The quantitative estimate of drug-likeness (QED) is 0.727. The van der Waals surface area contributed by atoms with Crippen LogP contribution in [-0.4, -0.2) is 24.6 Å². The van der Waals surface area contributed by atoms with Gasteiger partial charge >= 0.3 is 5.97 Å². The minimum atomic E-state index is -0.560. The summed E-state index contributed by atoms with van der Waals surface area (Å²) >= 11 is 3.14. The molecule has 0 fully saturated rings. The Hall–Kier alpha value is -2.41. The standard InChI is InChI=1S/C18H17BrFNO4/c1-11(2)25-18(23)12-3-6-14(7-4-12)21-17(22)10-24-16-8-5-13(19)9-15(16)20/h3-9,11H,10H2,1-2H3,(H,21,22). The van der Waals surface area contributed by atoms with E-state index in [2.05, 4.69) is 21.2 Å². The minimum absolute atomic E-state index is 0.00914. The average molecular weight is 410 g/mol. The zero-order chi connectivity index (χ0) is 18.4. The van der Waals surface area contributed by atoms with E-state index in [0.717, 1.165) is 0 Å². The van der Waals surface area contributed by atoms with E-state index in [1.807, 2.05) is 0 Å². The number of amides is 1. The summed E-state index contributed by atoms with van der Waals surface area (Å²) in [6.45, 7) is 3.19. The van der Waals surface area contributed by atoms with Crippen molar-refractivity contribution in [2.45, 2.75) is 20.0 Å². The number of hydrogen-bond acceptors (Lipinski definition) is 4. The third-order valence-electron chi connectivity index (χ3n) is 3.00. The first-order valence-corrected chi connectivity index (χ1v) is 8.33. The van der Waals surface area contributed by atoms with Crippen molar-refractivity contribution < 1.29 is 23.5 Å². The molecule has 25 heavy (non-hydrogen) atoms. The highest BCUT2D eigenvalue weighted by Gasteiger charge is 2.11. The molecule has 0 aromatic heterocycles. The highest BCUT2D eigenvalue weighted by molar-refractivity contribution is 9.10. The largest absolute Gasteiger partial charge is 0.481 e. The third kappa shape index (κ3) is 5.86. The number of esters is 1. The maximum absolute atomic E-state index is 13.6. The van der Waals surface area contributed by atoms with Gasteiger partial charge in [0.15, 0.2) is 18.2 Å². The fourth-order valence-electron chi connectivity index (χ4n) is 1.90. The Morgan fingerprint density at radius 1 is 1.16 bits per heavy atom. The molecule has 0 aliphatic heterocycles. The highest BCUT2D eigenvalue weighted by Crippen LogP contribution is 2.21. The average Bonchev–Trinajstić information content (AvgIpc) is 2.54. The van der Waals surface area contributed by atoms with Crippen LogP contribution < -0.4 is 10.1 Å². The number of hydrogen-bond donors (Lipinski definition) is 1.